The van der Waals surface area contributed by atoms with E-state index in [-0.39, 0.29) is 11.8 Å². The Bertz CT molecular complexity index is 876. The number of amides is 1. The molecule has 0 saturated heterocycles. The maximum atomic E-state index is 13.1. The molecule has 3 aromatic rings. The second-order valence-electron chi connectivity index (χ2n) is 7.11. The normalized spacial score (nSPS) is 13.8. The van der Waals surface area contributed by atoms with Crippen molar-refractivity contribution in [3.63, 3.8) is 0 Å². The average molecular weight is 382 g/mol. The highest BCUT2D eigenvalue weighted by molar-refractivity contribution is 7.13. The number of aromatic nitrogens is 2. The van der Waals surface area contributed by atoms with Crippen LogP contribution >= 0.6 is 11.3 Å². The van der Waals surface area contributed by atoms with Crippen LogP contribution < -0.4 is 5.32 Å². The first kappa shape index (κ1) is 19.2. The largest absolute Gasteiger partial charge is 0.389 e. The minimum Gasteiger partial charge on any atom is -0.389 e. The van der Waals surface area contributed by atoms with Crippen LogP contribution in [0, 0.1) is 5.41 Å². The molecule has 140 valence electrons. The Labute approximate surface area is 163 Å². The van der Waals surface area contributed by atoms with Crippen LogP contribution in [-0.2, 0) is 4.79 Å². The highest BCUT2D eigenvalue weighted by atomic mass is 32.1. The maximum absolute atomic E-state index is 13.1. The molecule has 5 nitrogen and oxygen atoms in total. The topological polar surface area (TPSA) is 75.1 Å². The van der Waals surface area contributed by atoms with Crippen LogP contribution in [0.3, 0.4) is 0 Å². The van der Waals surface area contributed by atoms with Crippen LogP contribution in [0.15, 0.2) is 60.1 Å². The number of aliphatic hydroxyl groups excluding tert-OH is 1. The molecule has 0 spiro atoms. The molecule has 2 aromatic carbocycles. The third-order valence-corrected chi connectivity index (χ3v) is 5.38. The van der Waals surface area contributed by atoms with Crippen LogP contribution in [-0.4, -0.2) is 21.2 Å². The van der Waals surface area contributed by atoms with Crippen LogP contribution in [0.2, 0.25) is 0 Å². The molecule has 27 heavy (non-hydrogen) atoms. The van der Waals surface area contributed by atoms with Crippen molar-refractivity contribution in [3.8, 4) is 0 Å². The minimum atomic E-state index is -0.737. The monoisotopic (exact) mass is 381 g/mol. The molecule has 1 amide bonds. The number of aliphatic hydroxyl groups is 1. The van der Waals surface area contributed by atoms with Crippen molar-refractivity contribution in [1.82, 2.24) is 10.2 Å². The summed E-state index contributed by atoms with van der Waals surface area (Å²) in [5.41, 5.74) is 3.77. The number of benzene rings is 2. The Morgan fingerprint density at radius 1 is 1.04 bits per heavy atom. The van der Waals surface area contributed by atoms with Gasteiger partial charge in [0.15, 0.2) is 0 Å². The average Bonchev–Trinajstić information content (AvgIpc) is 3.16. The number of carbonyl (C=O) groups is 1. The van der Waals surface area contributed by atoms with E-state index in [0.717, 1.165) is 16.7 Å². The van der Waals surface area contributed by atoms with Crippen LogP contribution in [0.5, 0.6) is 0 Å². The molecule has 2 N–H and O–H groups in total. The van der Waals surface area contributed by atoms with E-state index in [1.54, 1.807) is 12.4 Å². The summed E-state index contributed by atoms with van der Waals surface area (Å²) in [6, 6.07) is 17.8. The summed E-state index contributed by atoms with van der Waals surface area (Å²) >= 11 is 1.29. The van der Waals surface area contributed by atoms with E-state index in [2.05, 4.69) is 15.5 Å². The third-order valence-electron chi connectivity index (χ3n) is 4.77. The van der Waals surface area contributed by atoms with Gasteiger partial charge in [0.25, 0.3) is 0 Å². The fourth-order valence-electron chi connectivity index (χ4n) is 3.26. The van der Waals surface area contributed by atoms with Gasteiger partial charge in [0.1, 0.15) is 5.51 Å². The molecule has 0 aliphatic carbocycles. The van der Waals surface area contributed by atoms with Crippen molar-refractivity contribution in [1.29, 1.82) is 0 Å². The van der Waals surface area contributed by atoms with Crippen LogP contribution in [0.1, 0.15) is 49.5 Å². The van der Waals surface area contributed by atoms with Gasteiger partial charge in [0.2, 0.25) is 11.0 Å². The summed E-state index contributed by atoms with van der Waals surface area (Å²) < 4.78 is 0. The predicted molar refractivity (Wildman–Crippen MR) is 108 cm³/mol. The second kappa shape index (κ2) is 7.98. The van der Waals surface area contributed by atoms with Gasteiger partial charge in [0, 0.05) is 5.92 Å². The van der Waals surface area contributed by atoms with E-state index in [1.165, 1.54) is 11.3 Å². The first-order valence-corrected chi connectivity index (χ1v) is 9.68. The van der Waals surface area contributed by atoms with Gasteiger partial charge in [-0.15, -0.1) is 10.2 Å². The lowest BCUT2D eigenvalue weighted by molar-refractivity contribution is -0.124. The fraction of sp³-hybridized carbons (Fsp3) is 0.286. The Morgan fingerprint density at radius 2 is 1.63 bits per heavy atom. The van der Waals surface area contributed by atoms with Gasteiger partial charge in [0.05, 0.1) is 11.5 Å². The highest BCUT2D eigenvalue weighted by Gasteiger charge is 2.39. The zero-order chi connectivity index (χ0) is 19.4. The van der Waals surface area contributed by atoms with Gasteiger partial charge in [-0.05, 0) is 23.6 Å². The molecule has 0 fully saturated rings. The van der Waals surface area contributed by atoms with Gasteiger partial charge in [-0.3, -0.25) is 4.79 Å². The molecule has 0 aliphatic rings. The zero-order valence-corrected chi connectivity index (χ0v) is 16.4. The summed E-state index contributed by atoms with van der Waals surface area (Å²) in [6.45, 7) is 5.61. The number of rotatable bonds is 6. The molecule has 6 heteroatoms. The smallest absolute Gasteiger partial charge is 0.232 e. The van der Waals surface area contributed by atoms with Crippen LogP contribution in [0.4, 0.5) is 5.13 Å². The van der Waals surface area contributed by atoms with Crippen molar-refractivity contribution in [2.75, 3.05) is 5.32 Å². The zero-order valence-electron chi connectivity index (χ0n) is 15.6. The van der Waals surface area contributed by atoms with Crippen LogP contribution in [0.25, 0.3) is 0 Å². The minimum absolute atomic E-state index is 0.118. The van der Waals surface area contributed by atoms with E-state index >= 15 is 0 Å². The fourth-order valence-corrected chi connectivity index (χ4v) is 3.70. The quantitative estimate of drug-likeness (QED) is 0.664. The summed E-state index contributed by atoms with van der Waals surface area (Å²) in [5, 5.41) is 20.8. The molecular weight excluding hydrogens is 358 g/mol. The Morgan fingerprint density at radius 3 is 2.19 bits per heavy atom. The molecular formula is C21H23N3O2S. The summed E-state index contributed by atoms with van der Waals surface area (Å²) in [7, 11) is 0. The molecule has 2 atom stereocenters. The van der Waals surface area contributed by atoms with E-state index in [1.807, 2.05) is 68.4 Å². The van der Waals surface area contributed by atoms with Gasteiger partial charge in [-0.2, -0.15) is 0 Å². The van der Waals surface area contributed by atoms with E-state index < -0.39 is 11.5 Å². The number of hydrogen-bond acceptors (Lipinski definition) is 5. The van der Waals surface area contributed by atoms with Gasteiger partial charge in [-0.25, -0.2) is 0 Å². The second-order valence-corrected chi connectivity index (χ2v) is 7.94. The van der Waals surface area contributed by atoms with Crippen molar-refractivity contribution in [2.24, 2.45) is 5.41 Å². The Hall–Kier alpha value is -2.57. The summed E-state index contributed by atoms with van der Waals surface area (Å²) in [4.78, 5) is 13.1. The Balaban J connectivity index is 1.99. The van der Waals surface area contributed by atoms with Crippen molar-refractivity contribution < 1.29 is 9.90 Å². The lowest BCUT2D eigenvalue weighted by atomic mass is 9.70. The number of nitrogens with one attached hydrogen (secondary N) is 1. The molecule has 2 unspecified atom stereocenters. The molecule has 1 heterocycles. The van der Waals surface area contributed by atoms with Gasteiger partial charge in [-0.1, -0.05) is 79.8 Å². The van der Waals surface area contributed by atoms with Gasteiger partial charge >= 0.3 is 0 Å². The number of carbonyl (C=O) groups excluding carboxylic acids is 1. The lowest BCUT2D eigenvalue weighted by Crippen LogP contribution is -2.37. The number of hydrogen-bond donors (Lipinski definition) is 2. The number of nitrogens with zero attached hydrogens (tertiary/aromatic N) is 2. The maximum Gasteiger partial charge on any atom is 0.232 e. The van der Waals surface area contributed by atoms with Gasteiger partial charge < -0.3 is 10.4 Å². The molecule has 1 aromatic heterocycles. The number of anilines is 1. The van der Waals surface area contributed by atoms with Crippen molar-refractivity contribution >= 4 is 22.4 Å². The highest BCUT2D eigenvalue weighted by Crippen LogP contribution is 2.42. The summed E-state index contributed by atoms with van der Waals surface area (Å²) in [6.07, 6.45) is -0.525. The standard InChI is InChI=1S/C21H23N3O2S/c1-14(25)15-9-11-17(12-10-15)18(16-7-5-4-6-8-16)21(2,3)19(26)23-20-24-22-13-27-20/h4-14,18,25H,1-3H3,(H,23,24,26). The molecule has 0 radical (unpaired) electrons. The SMILES string of the molecule is CC(O)c1ccc(C(c2ccccc2)C(C)(C)C(=O)Nc2nncs2)cc1. The van der Waals surface area contributed by atoms with E-state index in [9.17, 15) is 9.90 Å². The van der Waals surface area contributed by atoms with E-state index in [4.69, 9.17) is 0 Å². The molecule has 0 aliphatic heterocycles. The molecule has 0 bridgehead atoms. The van der Waals surface area contributed by atoms with Crippen molar-refractivity contribution in [2.45, 2.75) is 32.8 Å². The Kier molecular flexibility index (Phi) is 5.68. The summed E-state index contributed by atoms with van der Waals surface area (Å²) in [5.74, 6) is -0.276. The first-order chi connectivity index (χ1) is 12.9. The molecule has 3 rings (SSSR count). The lowest BCUT2D eigenvalue weighted by Gasteiger charge is -2.34. The van der Waals surface area contributed by atoms with E-state index in [0.29, 0.717) is 5.13 Å². The first-order valence-electron chi connectivity index (χ1n) is 8.80. The van der Waals surface area contributed by atoms with Crippen molar-refractivity contribution in [3.05, 3.63) is 76.8 Å². The predicted octanol–water partition coefficient (Wildman–Crippen LogP) is 4.39. The third kappa shape index (κ3) is 4.23. The molecule has 0 saturated carbocycles.